The number of halogens is 2. The highest BCUT2D eigenvalue weighted by molar-refractivity contribution is 7.94. The Bertz CT molecular complexity index is 3480. The monoisotopic (exact) mass is 1070 g/mol. The Balaban J connectivity index is 1.73. The molecule has 0 aliphatic rings. The number of aromatic nitrogens is 2. The first-order valence-electron chi connectivity index (χ1n) is 16.9. The van der Waals surface area contributed by atoms with Crippen molar-refractivity contribution < 1.29 is 103 Å². The molecule has 68 heavy (non-hydrogen) atoms. The van der Waals surface area contributed by atoms with Crippen molar-refractivity contribution in [1.82, 2.24) is 9.97 Å². The SMILES string of the molecule is O=S(=O)(O)OCCS(=O)(=O)c1ccc(N=Nc2c(O)c(N=Nc3cc(Nc4cc(F)nc(F)n4)ccc3S(=O)(=O)O)c(O)c(N=Nc3cc(SOOO)ccc3S(=O)(=O)O)c2O)c(S(=O)(=O)O)c1. The lowest BCUT2D eigenvalue weighted by molar-refractivity contribution is -0.432. The second kappa shape index (κ2) is 20.4. The van der Waals surface area contributed by atoms with Crippen LogP contribution in [0.15, 0.2) is 116 Å². The van der Waals surface area contributed by atoms with E-state index in [1.54, 1.807) is 0 Å². The Labute approximate surface area is 382 Å². The van der Waals surface area contributed by atoms with Crippen LogP contribution in [0.25, 0.3) is 0 Å². The van der Waals surface area contributed by atoms with E-state index in [9.17, 15) is 79.8 Å². The van der Waals surface area contributed by atoms with E-state index in [0.717, 1.165) is 30.3 Å². The summed E-state index contributed by atoms with van der Waals surface area (Å²) < 4.78 is 195. The topological polar surface area (TPSA) is 472 Å². The summed E-state index contributed by atoms with van der Waals surface area (Å²) in [5, 5.41) is 69.4. The van der Waals surface area contributed by atoms with Gasteiger partial charge in [0.15, 0.2) is 44.1 Å². The summed E-state index contributed by atoms with van der Waals surface area (Å²) in [4.78, 5) is 1.66. The average Bonchev–Trinajstić information content (AvgIpc) is 3.20. The summed E-state index contributed by atoms with van der Waals surface area (Å²) >= 11 is 0.240. The fourth-order valence-corrected chi connectivity index (χ4v) is 8.84. The Kier molecular flexibility index (Phi) is 15.8. The fraction of sp³-hybridized carbons (Fsp3) is 0.0667. The lowest BCUT2D eigenvalue weighted by atomic mass is 10.2. The zero-order chi connectivity index (χ0) is 50.6. The summed E-state index contributed by atoms with van der Waals surface area (Å²) in [6, 6.07) is 7.04. The highest BCUT2D eigenvalue weighted by atomic mass is 32.3. The second-order valence-corrected chi connectivity index (χ2v) is 20.5. The molecule has 0 spiro atoms. The van der Waals surface area contributed by atoms with Crippen LogP contribution in [0.3, 0.4) is 0 Å². The number of sulfone groups is 1. The van der Waals surface area contributed by atoms with Crippen LogP contribution in [0, 0.1) is 12.0 Å². The highest BCUT2D eigenvalue weighted by Gasteiger charge is 2.28. The van der Waals surface area contributed by atoms with Crippen molar-refractivity contribution in [3.63, 3.8) is 0 Å². The first-order chi connectivity index (χ1) is 31.5. The largest absolute Gasteiger partial charge is 0.504 e. The molecule has 1 aromatic heterocycles. The lowest BCUT2D eigenvalue weighted by Gasteiger charge is -2.11. The van der Waals surface area contributed by atoms with Crippen LogP contribution in [-0.2, 0) is 64.1 Å². The molecule has 0 atom stereocenters. The summed E-state index contributed by atoms with van der Waals surface area (Å²) in [5.74, 6) is -7.56. The number of nitrogens with one attached hydrogen (secondary N) is 1. The highest BCUT2D eigenvalue weighted by Crippen LogP contribution is 2.57. The van der Waals surface area contributed by atoms with E-state index in [1.165, 1.54) is 0 Å². The minimum Gasteiger partial charge on any atom is -0.504 e. The van der Waals surface area contributed by atoms with Gasteiger partial charge in [0.1, 0.15) is 37.6 Å². The van der Waals surface area contributed by atoms with E-state index in [-0.39, 0.29) is 22.6 Å². The molecule has 364 valence electrons. The predicted octanol–water partition coefficient (Wildman–Crippen LogP) is 5.62. The van der Waals surface area contributed by atoms with Gasteiger partial charge in [-0.1, -0.05) is 5.04 Å². The molecule has 0 fully saturated rings. The molecule has 0 amide bonds. The molecule has 0 saturated carbocycles. The molecule has 5 rings (SSSR count). The smallest absolute Gasteiger partial charge is 0.397 e. The van der Waals surface area contributed by atoms with Crippen molar-refractivity contribution in [3.05, 3.63) is 72.7 Å². The van der Waals surface area contributed by atoms with Gasteiger partial charge in [0.25, 0.3) is 30.4 Å². The third kappa shape index (κ3) is 13.4. The van der Waals surface area contributed by atoms with Gasteiger partial charge in [-0.05, 0) is 54.6 Å². The molecule has 0 radical (unpaired) electrons. The summed E-state index contributed by atoms with van der Waals surface area (Å²) in [6.45, 7) is -1.16. The molecule has 9 N–H and O–H groups in total. The quantitative estimate of drug-likeness (QED) is 0.00920. The fourth-order valence-electron chi connectivity index (χ4n) is 5.01. The number of phenolic OH excluding ortho intramolecular Hbond substituents is 3. The Morgan fingerprint density at radius 2 is 1.12 bits per heavy atom. The van der Waals surface area contributed by atoms with Crippen molar-refractivity contribution in [2.75, 3.05) is 17.7 Å². The maximum Gasteiger partial charge on any atom is 0.397 e. The number of anilines is 2. The van der Waals surface area contributed by atoms with Gasteiger partial charge in [-0.3, -0.25) is 18.2 Å². The Morgan fingerprint density at radius 1 is 0.603 bits per heavy atom. The molecular weight excluding hydrogens is 1050 g/mol. The summed E-state index contributed by atoms with van der Waals surface area (Å²) in [6.07, 6.45) is -1.53. The number of aromatic hydroxyl groups is 3. The predicted molar refractivity (Wildman–Crippen MR) is 218 cm³/mol. The van der Waals surface area contributed by atoms with Crippen molar-refractivity contribution >= 4 is 108 Å². The number of rotatable bonds is 19. The van der Waals surface area contributed by atoms with Crippen molar-refractivity contribution in [2.24, 2.45) is 30.7 Å². The van der Waals surface area contributed by atoms with Crippen LogP contribution in [0.1, 0.15) is 0 Å². The first kappa shape index (κ1) is 52.6. The van der Waals surface area contributed by atoms with E-state index in [2.05, 4.69) is 59.5 Å². The van der Waals surface area contributed by atoms with Crippen molar-refractivity contribution in [2.45, 2.75) is 24.5 Å². The third-order valence-corrected chi connectivity index (χ3v) is 13.2. The van der Waals surface area contributed by atoms with E-state index >= 15 is 0 Å². The number of phenols is 3. The number of hydrogen-bond donors (Lipinski definition) is 9. The molecule has 4 aromatic carbocycles. The molecule has 30 nitrogen and oxygen atoms in total. The number of benzene rings is 4. The van der Waals surface area contributed by atoms with Crippen molar-refractivity contribution in [3.8, 4) is 17.2 Å². The zero-order valence-corrected chi connectivity index (χ0v) is 37.3. The lowest BCUT2D eigenvalue weighted by Crippen LogP contribution is -2.16. The summed E-state index contributed by atoms with van der Waals surface area (Å²) in [5.41, 5.74) is -6.83. The van der Waals surface area contributed by atoms with Gasteiger partial charge in [-0.15, -0.1) is 35.0 Å². The van der Waals surface area contributed by atoms with E-state index in [0.29, 0.717) is 30.3 Å². The van der Waals surface area contributed by atoms with E-state index < -0.39 is 152 Å². The Morgan fingerprint density at radius 3 is 1.62 bits per heavy atom. The van der Waals surface area contributed by atoms with Gasteiger partial charge in [0, 0.05) is 16.6 Å². The van der Waals surface area contributed by atoms with Gasteiger partial charge in [-0.2, -0.15) is 52.4 Å². The molecular formula is C30H23F2N9O21S6. The molecule has 0 unspecified atom stereocenters. The normalized spacial score (nSPS) is 13.0. The van der Waals surface area contributed by atoms with Crippen LogP contribution in [0.4, 0.5) is 54.4 Å². The molecule has 5 aromatic rings. The average molecular weight is 1080 g/mol. The minimum absolute atomic E-state index is 0.121. The zero-order valence-electron chi connectivity index (χ0n) is 32.4. The van der Waals surface area contributed by atoms with Crippen LogP contribution in [0.2, 0.25) is 0 Å². The second-order valence-electron chi connectivity index (χ2n) is 12.3. The third-order valence-electron chi connectivity index (χ3n) is 7.82. The van der Waals surface area contributed by atoms with Crippen LogP contribution < -0.4 is 5.32 Å². The molecule has 0 aliphatic carbocycles. The standard InChI is InChI=1S/C30H23F2N9O21S6/c31-22-12-23(35-30(32)34-22)33-13-1-5-19(65(48,49)50)17(9-13)37-40-25-27(42)24(28(43)26(29(25)44)41-38-18-10-14(63-62-61-45)2-6-20(18)66(51,52)53)39-36-16-4-3-15(11-21(16)67(54,55)56)64(46,47)8-7-60-68(57,58)59/h1-6,9-12,42-45H,7-8H2,(H,33,34,35)(H,48,49,50)(H,51,52,53)(H,54,55,56)(H,57,58,59). The van der Waals surface area contributed by atoms with Gasteiger partial charge in [0.2, 0.25) is 5.95 Å². The van der Waals surface area contributed by atoms with E-state index in [4.69, 9.17) is 9.81 Å². The van der Waals surface area contributed by atoms with Crippen LogP contribution in [-0.4, -0.2) is 103 Å². The molecule has 0 saturated heterocycles. The number of azo groups is 3. The first-order valence-corrected chi connectivity index (χ1v) is 24.9. The van der Waals surface area contributed by atoms with Gasteiger partial charge in [0.05, 0.1) is 29.3 Å². The number of nitrogens with zero attached hydrogens (tertiary/aromatic N) is 8. The maximum atomic E-state index is 13.7. The summed E-state index contributed by atoms with van der Waals surface area (Å²) in [7, 11) is -25.7. The molecule has 38 heteroatoms. The molecule has 0 bridgehead atoms. The van der Waals surface area contributed by atoms with Gasteiger partial charge < -0.3 is 20.6 Å². The van der Waals surface area contributed by atoms with Crippen molar-refractivity contribution in [1.29, 1.82) is 0 Å². The number of hydrogen-bond acceptors (Lipinski definition) is 27. The minimum atomic E-state index is -5.49. The van der Waals surface area contributed by atoms with E-state index in [1.807, 2.05) is 0 Å². The molecule has 0 aliphatic heterocycles. The Hall–Kier alpha value is -6.40. The van der Waals surface area contributed by atoms with Gasteiger partial charge in [-0.25, -0.2) is 17.9 Å². The van der Waals surface area contributed by atoms with Crippen LogP contribution >= 0.6 is 12.0 Å². The van der Waals surface area contributed by atoms with Gasteiger partial charge >= 0.3 is 16.5 Å². The maximum absolute atomic E-state index is 13.7. The van der Waals surface area contributed by atoms with Crippen LogP contribution in [0.5, 0.6) is 17.2 Å². The molecule has 1 heterocycles.